The molecule has 0 saturated heterocycles. The lowest BCUT2D eigenvalue weighted by molar-refractivity contribution is -0.140. The third-order valence-electron chi connectivity index (χ3n) is 2.73. The Kier molecular flexibility index (Phi) is 4.62. The fraction of sp³-hybridized carbons (Fsp3) is 0.545. The maximum Gasteiger partial charge on any atom is 0.326 e. The Hall–Kier alpha value is -1.43. The summed E-state index contributed by atoms with van der Waals surface area (Å²) in [7, 11) is 0. The summed E-state index contributed by atoms with van der Waals surface area (Å²) in [5.74, 6) is -1.55. The molecule has 0 aromatic carbocycles. The lowest BCUT2D eigenvalue weighted by Gasteiger charge is -2.19. The quantitative estimate of drug-likeness (QED) is 0.840. The fourth-order valence-electron chi connectivity index (χ4n) is 1.42. The Morgan fingerprint density at radius 2 is 2.24 bits per heavy atom. The standard InChI is InChI=1S/C11H16N2O3S/c1-4-6(2)8(11(15)16)13-10(14)9-7(3)17-5-12-9/h5-6,8H,4H2,1-3H3,(H,13,14)(H,15,16)/t6-,8-/m0/s1. The molecule has 0 aliphatic carbocycles. The summed E-state index contributed by atoms with van der Waals surface area (Å²) in [5.41, 5.74) is 1.88. The van der Waals surface area contributed by atoms with Crippen molar-refractivity contribution in [3.05, 3.63) is 16.1 Å². The van der Waals surface area contributed by atoms with Gasteiger partial charge in [-0.1, -0.05) is 20.3 Å². The van der Waals surface area contributed by atoms with Crippen LogP contribution in [0.25, 0.3) is 0 Å². The average Bonchev–Trinajstić information content (AvgIpc) is 2.70. The summed E-state index contributed by atoms with van der Waals surface area (Å²) < 4.78 is 0. The molecule has 1 aromatic heterocycles. The highest BCUT2D eigenvalue weighted by Gasteiger charge is 2.26. The van der Waals surface area contributed by atoms with E-state index in [2.05, 4.69) is 10.3 Å². The molecule has 0 saturated carbocycles. The van der Waals surface area contributed by atoms with Gasteiger partial charge in [-0.3, -0.25) is 4.79 Å². The summed E-state index contributed by atoms with van der Waals surface area (Å²) in [6.07, 6.45) is 0.688. The maximum atomic E-state index is 11.8. The second-order valence-electron chi connectivity index (χ2n) is 3.93. The van der Waals surface area contributed by atoms with Crippen LogP contribution in [0.5, 0.6) is 0 Å². The number of nitrogens with one attached hydrogen (secondary N) is 1. The number of carboxylic acids is 1. The Balaban J connectivity index is 2.78. The van der Waals surface area contributed by atoms with E-state index < -0.39 is 17.9 Å². The number of amides is 1. The molecule has 0 spiro atoms. The second-order valence-corrected chi connectivity index (χ2v) is 4.99. The fourth-order valence-corrected chi connectivity index (χ4v) is 1.99. The number of aryl methyl sites for hydroxylation is 1. The number of carbonyl (C=O) groups is 2. The monoisotopic (exact) mass is 256 g/mol. The van der Waals surface area contributed by atoms with Gasteiger partial charge in [0.2, 0.25) is 0 Å². The van der Waals surface area contributed by atoms with Crippen molar-refractivity contribution in [3.63, 3.8) is 0 Å². The van der Waals surface area contributed by atoms with Gasteiger partial charge < -0.3 is 10.4 Å². The Labute approximate surface area is 104 Å². The zero-order valence-corrected chi connectivity index (χ0v) is 10.9. The predicted octanol–water partition coefficient (Wildman–Crippen LogP) is 1.68. The number of hydrogen-bond donors (Lipinski definition) is 2. The van der Waals surface area contributed by atoms with E-state index in [0.29, 0.717) is 12.1 Å². The summed E-state index contributed by atoms with van der Waals surface area (Å²) in [5, 5.41) is 11.6. The van der Waals surface area contributed by atoms with E-state index in [1.165, 1.54) is 11.3 Å². The topological polar surface area (TPSA) is 79.3 Å². The Bertz CT molecular complexity index is 417. The van der Waals surface area contributed by atoms with Crippen LogP contribution < -0.4 is 5.32 Å². The molecular weight excluding hydrogens is 240 g/mol. The van der Waals surface area contributed by atoms with E-state index in [1.54, 1.807) is 19.4 Å². The smallest absolute Gasteiger partial charge is 0.326 e. The van der Waals surface area contributed by atoms with E-state index in [4.69, 9.17) is 5.11 Å². The molecule has 0 unspecified atom stereocenters. The largest absolute Gasteiger partial charge is 0.480 e. The molecule has 17 heavy (non-hydrogen) atoms. The first kappa shape index (κ1) is 13.6. The molecule has 2 N–H and O–H groups in total. The van der Waals surface area contributed by atoms with Gasteiger partial charge in [0.25, 0.3) is 5.91 Å². The molecule has 0 aliphatic heterocycles. The molecule has 6 heteroatoms. The third-order valence-corrected chi connectivity index (χ3v) is 3.48. The van der Waals surface area contributed by atoms with Gasteiger partial charge in [-0.2, -0.15) is 0 Å². The lowest BCUT2D eigenvalue weighted by atomic mass is 9.99. The van der Waals surface area contributed by atoms with Crippen molar-refractivity contribution in [1.82, 2.24) is 10.3 Å². The van der Waals surface area contributed by atoms with Crippen LogP contribution in [-0.2, 0) is 4.79 Å². The number of carbonyl (C=O) groups excluding carboxylic acids is 1. The highest BCUT2D eigenvalue weighted by Crippen LogP contribution is 2.13. The highest BCUT2D eigenvalue weighted by molar-refractivity contribution is 7.09. The van der Waals surface area contributed by atoms with Gasteiger partial charge in [-0.25, -0.2) is 9.78 Å². The molecule has 1 rings (SSSR count). The first-order valence-corrected chi connectivity index (χ1v) is 6.29. The number of thiazole rings is 1. The number of rotatable bonds is 5. The van der Waals surface area contributed by atoms with Gasteiger partial charge in [-0.05, 0) is 12.8 Å². The maximum absolute atomic E-state index is 11.8. The molecule has 0 radical (unpaired) electrons. The van der Waals surface area contributed by atoms with Crippen LogP contribution >= 0.6 is 11.3 Å². The average molecular weight is 256 g/mol. The predicted molar refractivity (Wildman–Crippen MR) is 65.2 cm³/mol. The first-order chi connectivity index (χ1) is 7.97. The summed E-state index contributed by atoms with van der Waals surface area (Å²) in [6, 6.07) is -0.867. The van der Waals surface area contributed by atoms with Gasteiger partial charge in [0.15, 0.2) is 0 Å². The van der Waals surface area contributed by atoms with Crippen molar-refractivity contribution in [1.29, 1.82) is 0 Å². The van der Waals surface area contributed by atoms with Crippen LogP contribution in [0.15, 0.2) is 5.51 Å². The number of nitrogens with zero attached hydrogens (tertiary/aromatic N) is 1. The van der Waals surface area contributed by atoms with Crippen molar-refractivity contribution >= 4 is 23.2 Å². The molecule has 0 aliphatic rings. The van der Waals surface area contributed by atoms with E-state index in [1.807, 2.05) is 6.92 Å². The third kappa shape index (κ3) is 3.26. The molecule has 94 valence electrons. The van der Waals surface area contributed by atoms with Crippen molar-refractivity contribution in [2.24, 2.45) is 5.92 Å². The molecule has 0 fully saturated rings. The molecule has 1 heterocycles. The zero-order chi connectivity index (χ0) is 13.0. The molecule has 1 aromatic rings. The Morgan fingerprint density at radius 1 is 1.59 bits per heavy atom. The van der Waals surface area contributed by atoms with Crippen LogP contribution in [-0.4, -0.2) is 28.0 Å². The second kappa shape index (κ2) is 5.77. The van der Waals surface area contributed by atoms with E-state index in [0.717, 1.165) is 4.88 Å². The van der Waals surface area contributed by atoms with Crippen molar-refractivity contribution in [2.45, 2.75) is 33.2 Å². The highest BCUT2D eigenvalue weighted by atomic mass is 32.1. The Morgan fingerprint density at radius 3 is 2.65 bits per heavy atom. The van der Waals surface area contributed by atoms with Crippen LogP contribution in [0.2, 0.25) is 0 Å². The molecular formula is C11H16N2O3S. The summed E-state index contributed by atoms with van der Waals surface area (Å²) >= 11 is 1.36. The van der Waals surface area contributed by atoms with E-state index in [-0.39, 0.29) is 5.92 Å². The number of aliphatic carboxylic acids is 1. The summed E-state index contributed by atoms with van der Waals surface area (Å²) in [4.78, 5) is 27.6. The summed E-state index contributed by atoms with van der Waals surface area (Å²) in [6.45, 7) is 5.47. The van der Waals surface area contributed by atoms with Crippen molar-refractivity contribution in [2.75, 3.05) is 0 Å². The minimum Gasteiger partial charge on any atom is -0.480 e. The van der Waals surface area contributed by atoms with Gasteiger partial charge in [0.05, 0.1) is 5.51 Å². The zero-order valence-electron chi connectivity index (χ0n) is 10.1. The molecule has 0 bridgehead atoms. The molecule has 5 nitrogen and oxygen atoms in total. The minimum absolute atomic E-state index is 0.115. The number of hydrogen-bond acceptors (Lipinski definition) is 4. The van der Waals surface area contributed by atoms with Crippen LogP contribution in [0.1, 0.15) is 35.6 Å². The molecule has 2 atom stereocenters. The van der Waals surface area contributed by atoms with E-state index >= 15 is 0 Å². The van der Waals surface area contributed by atoms with Crippen LogP contribution in [0, 0.1) is 12.8 Å². The minimum atomic E-state index is -1.01. The van der Waals surface area contributed by atoms with Gasteiger partial charge >= 0.3 is 5.97 Å². The first-order valence-electron chi connectivity index (χ1n) is 5.41. The number of aromatic nitrogens is 1. The molecule has 1 amide bonds. The van der Waals surface area contributed by atoms with Gasteiger partial charge in [0, 0.05) is 4.88 Å². The SMILES string of the molecule is CC[C@H](C)[C@H](NC(=O)c1ncsc1C)C(=O)O. The van der Waals surface area contributed by atoms with E-state index in [9.17, 15) is 9.59 Å². The van der Waals surface area contributed by atoms with Gasteiger partial charge in [-0.15, -0.1) is 11.3 Å². The van der Waals surface area contributed by atoms with Crippen molar-refractivity contribution < 1.29 is 14.7 Å². The normalized spacial score (nSPS) is 14.1. The van der Waals surface area contributed by atoms with Crippen LogP contribution in [0.3, 0.4) is 0 Å². The van der Waals surface area contributed by atoms with Crippen LogP contribution in [0.4, 0.5) is 0 Å². The number of carboxylic acid groups (broad SMARTS) is 1. The van der Waals surface area contributed by atoms with Gasteiger partial charge in [0.1, 0.15) is 11.7 Å². The van der Waals surface area contributed by atoms with Crippen molar-refractivity contribution in [3.8, 4) is 0 Å². The lowest BCUT2D eigenvalue weighted by Crippen LogP contribution is -2.45.